The van der Waals surface area contributed by atoms with E-state index in [9.17, 15) is 4.79 Å². The summed E-state index contributed by atoms with van der Waals surface area (Å²) < 4.78 is 9.76. The SMILES string of the molecule is COCCCOC(=O)c1nc(Cl)ccc1Cl. The summed E-state index contributed by atoms with van der Waals surface area (Å²) >= 11 is 11.4. The molecule has 0 fully saturated rings. The van der Waals surface area contributed by atoms with Crippen LogP contribution in [-0.4, -0.2) is 31.3 Å². The lowest BCUT2D eigenvalue weighted by atomic mass is 10.3. The number of carbonyl (C=O) groups is 1. The van der Waals surface area contributed by atoms with E-state index < -0.39 is 5.97 Å². The molecule has 0 radical (unpaired) electrons. The van der Waals surface area contributed by atoms with E-state index in [-0.39, 0.29) is 22.5 Å². The Kier molecular flexibility index (Phi) is 5.52. The molecule has 88 valence electrons. The van der Waals surface area contributed by atoms with Crippen molar-refractivity contribution in [2.75, 3.05) is 20.3 Å². The summed E-state index contributed by atoms with van der Waals surface area (Å²) in [5.74, 6) is -0.580. The van der Waals surface area contributed by atoms with Gasteiger partial charge in [-0.25, -0.2) is 9.78 Å². The second kappa shape index (κ2) is 6.68. The van der Waals surface area contributed by atoms with E-state index in [1.54, 1.807) is 7.11 Å². The molecule has 0 amide bonds. The van der Waals surface area contributed by atoms with Crippen LogP contribution in [-0.2, 0) is 9.47 Å². The zero-order chi connectivity index (χ0) is 12.0. The van der Waals surface area contributed by atoms with Crippen LogP contribution < -0.4 is 0 Å². The number of esters is 1. The topological polar surface area (TPSA) is 48.4 Å². The molecule has 0 N–H and O–H groups in total. The Bertz CT molecular complexity index is 371. The molecule has 0 aliphatic heterocycles. The van der Waals surface area contributed by atoms with Gasteiger partial charge in [-0.1, -0.05) is 23.2 Å². The van der Waals surface area contributed by atoms with Gasteiger partial charge in [-0.2, -0.15) is 0 Å². The molecule has 0 bridgehead atoms. The number of aromatic nitrogens is 1. The van der Waals surface area contributed by atoms with Crippen LogP contribution >= 0.6 is 23.2 Å². The van der Waals surface area contributed by atoms with E-state index >= 15 is 0 Å². The number of nitrogens with zero attached hydrogens (tertiary/aromatic N) is 1. The molecular formula is C10H11Cl2NO3. The Labute approximate surface area is 103 Å². The van der Waals surface area contributed by atoms with E-state index in [0.717, 1.165) is 0 Å². The predicted octanol–water partition coefficient (Wildman–Crippen LogP) is 2.58. The van der Waals surface area contributed by atoms with Crippen LogP contribution in [0.15, 0.2) is 12.1 Å². The van der Waals surface area contributed by atoms with Crippen molar-refractivity contribution in [3.8, 4) is 0 Å². The van der Waals surface area contributed by atoms with Crippen LogP contribution in [0.3, 0.4) is 0 Å². The monoisotopic (exact) mass is 263 g/mol. The van der Waals surface area contributed by atoms with Gasteiger partial charge in [0.15, 0.2) is 5.69 Å². The van der Waals surface area contributed by atoms with Crippen LogP contribution in [0, 0.1) is 0 Å². The smallest absolute Gasteiger partial charge is 0.358 e. The molecule has 0 aliphatic carbocycles. The standard InChI is InChI=1S/C10H11Cl2NO3/c1-15-5-2-6-16-10(14)9-7(11)3-4-8(12)13-9/h3-4H,2,5-6H2,1H3. The first-order valence-corrected chi connectivity index (χ1v) is 5.39. The Hall–Kier alpha value is -0.840. The summed E-state index contributed by atoms with van der Waals surface area (Å²) in [6, 6.07) is 3.01. The molecule has 0 unspecified atom stereocenters. The zero-order valence-electron chi connectivity index (χ0n) is 8.70. The van der Waals surface area contributed by atoms with Crippen molar-refractivity contribution in [3.05, 3.63) is 28.0 Å². The minimum atomic E-state index is -0.580. The summed E-state index contributed by atoms with van der Waals surface area (Å²) in [6.07, 6.45) is 0.625. The summed E-state index contributed by atoms with van der Waals surface area (Å²) in [4.78, 5) is 15.3. The van der Waals surface area contributed by atoms with Crippen molar-refractivity contribution in [2.45, 2.75) is 6.42 Å². The molecule has 0 saturated carbocycles. The third kappa shape index (κ3) is 3.96. The van der Waals surface area contributed by atoms with E-state index in [2.05, 4.69) is 4.98 Å². The van der Waals surface area contributed by atoms with Gasteiger partial charge in [0.05, 0.1) is 11.6 Å². The molecule has 4 nitrogen and oxygen atoms in total. The molecule has 1 aromatic rings. The van der Waals surface area contributed by atoms with E-state index in [4.69, 9.17) is 32.7 Å². The number of methoxy groups -OCH3 is 1. The van der Waals surface area contributed by atoms with Gasteiger partial charge in [0.2, 0.25) is 0 Å². The lowest BCUT2D eigenvalue weighted by Crippen LogP contribution is -2.10. The van der Waals surface area contributed by atoms with Crippen LogP contribution in [0.1, 0.15) is 16.9 Å². The van der Waals surface area contributed by atoms with E-state index in [0.29, 0.717) is 13.0 Å². The second-order valence-electron chi connectivity index (χ2n) is 2.95. The summed E-state index contributed by atoms with van der Waals surface area (Å²) in [5.41, 5.74) is 0.0339. The van der Waals surface area contributed by atoms with Crippen molar-refractivity contribution in [1.29, 1.82) is 0 Å². The minimum absolute atomic E-state index is 0.0339. The normalized spacial score (nSPS) is 10.2. The Morgan fingerprint density at radius 2 is 2.12 bits per heavy atom. The molecule has 0 spiro atoms. The highest BCUT2D eigenvalue weighted by molar-refractivity contribution is 6.34. The molecule has 16 heavy (non-hydrogen) atoms. The number of pyridine rings is 1. The summed E-state index contributed by atoms with van der Waals surface area (Å²) in [5, 5.41) is 0.425. The van der Waals surface area contributed by atoms with Crippen LogP contribution in [0.5, 0.6) is 0 Å². The van der Waals surface area contributed by atoms with Gasteiger partial charge >= 0.3 is 5.97 Å². The highest BCUT2D eigenvalue weighted by Gasteiger charge is 2.14. The lowest BCUT2D eigenvalue weighted by molar-refractivity contribution is 0.0462. The van der Waals surface area contributed by atoms with Gasteiger partial charge < -0.3 is 9.47 Å². The van der Waals surface area contributed by atoms with Crippen molar-refractivity contribution in [3.63, 3.8) is 0 Å². The zero-order valence-corrected chi connectivity index (χ0v) is 10.2. The quantitative estimate of drug-likeness (QED) is 0.466. The Morgan fingerprint density at radius 3 is 2.81 bits per heavy atom. The van der Waals surface area contributed by atoms with Gasteiger partial charge in [0.1, 0.15) is 5.15 Å². The maximum atomic E-state index is 11.5. The maximum Gasteiger partial charge on any atom is 0.358 e. The van der Waals surface area contributed by atoms with Crippen molar-refractivity contribution >= 4 is 29.2 Å². The van der Waals surface area contributed by atoms with Crippen LogP contribution in [0.25, 0.3) is 0 Å². The number of hydrogen-bond acceptors (Lipinski definition) is 4. The number of ether oxygens (including phenoxy) is 2. The summed E-state index contributed by atoms with van der Waals surface area (Å²) in [7, 11) is 1.58. The first kappa shape index (κ1) is 13.2. The highest BCUT2D eigenvalue weighted by atomic mass is 35.5. The summed E-state index contributed by atoms with van der Waals surface area (Å²) in [6.45, 7) is 0.793. The van der Waals surface area contributed by atoms with Gasteiger partial charge in [-0.3, -0.25) is 0 Å². The minimum Gasteiger partial charge on any atom is -0.461 e. The predicted molar refractivity (Wildman–Crippen MR) is 61.0 cm³/mol. The highest BCUT2D eigenvalue weighted by Crippen LogP contribution is 2.17. The number of halogens is 2. The third-order valence-electron chi connectivity index (χ3n) is 1.73. The molecule has 0 aliphatic rings. The van der Waals surface area contributed by atoms with Crippen molar-refractivity contribution < 1.29 is 14.3 Å². The van der Waals surface area contributed by atoms with Gasteiger partial charge in [0.25, 0.3) is 0 Å². The van der Waals surface area contributed by atoms with E-state index in [1.165, 1.54) is 12.1 Å². The van der Waals surface area contributed by atoms with E-state index in [1.807, 2.05) is 0 Å². The van der Waals surface area contributed by atoms with Crippen molar-refractivity contribution in [1.82, 2.24) is 4.98 Å². The number of hydrogen-bond donors (Lipinski definition) is 0. The first-order valence-electron chi connectivity index (χ1n) is 4.63. The second-order valence-corrected chi connectivity index (χ2v) is 3.74. The fourth-order valence-corrected chi connectivity index (χ4v) is 1.33. The number of carbonyl (C=O) groups excluding carboxylic acids is 1. The third-order valence-corrected chi connectivity index (χ3v) is 2.25. The molecule has 1 aromatic heterocycles. The Morgan fingerprint density at radius 1 is 1.38 bits per heavy atom. The van der Waals surface area contributed by atoms with Gasteiger partial charge in [-0.05, 0) is 12.1 Å². The molecule has 1 heterocycles. The number of rotatable bonds is 5. The van der Waals surface area contributed by atoms with Gasteiger partial charge in [-0.15, -0.1) is 0 Å². The molecule has 1 rings (SSSR count). The van der Waals surface area contributed by atoms with Crippen LogP contribution in [0.2, 0.25) is 10.2 Å². The molecule has 0 saturated heterocycles. The Balaban J connectivity index is 2.55. The molecule has 0 atom stereocenters. The fraction of sp³-hybridized carbons (Fsp3) is 0.400. The van der Waals surface area contributed by atoms with Crippen molar-refractivity contribution in [2.24, 2.45) is 0 Å². The molecule has 0 aromatic carbocycles. The lowest BCUT2D eigenvalue weighted by Gasteiger charge is -2.05. The fourth-order valence-electron chi connectivity index (χ4n) is 0.998. The average Bonchev–Trinajstić information content (AvgIpc) is 2.27. The largest absolute Gasteiger partial charge is 0.461 e. The average molecular weight is 264 g/mol. The van der Waals surface area contributed by atoms with Gasteiger partial charge in [0, 0.05) is 20.1 Å². The molecule has 6 heteroatoms. The van der Waals surface area contributed by atoms with Crippen LogP contribution in [0.4, 0.5) is 0 Å². The molecular weight excluding hydrogens is 253 g/mol. The first-order chi connectivity index (χ1) is 7.65. The maximum absolute atomic E-state index is 11.5.